The fourth-order valence-corrected chi connectivity index (χ4v) is 3.65. The van der Waals surface area contributed by atoms with Crippen molar-refractivity contribution in [3.8, 4) is 0 Å². The molecule has 1 aliphatic rings. The first-order valence-electron chi connectivity index (χ1n) is 6.75. The number of aliphatic carboxylic acids is 1. The summed E-state index contributed by atoms with van der Waals surface area (Å²) in [5, 5.41) is 8.64. The van der Waals surface area contributed by atoms with Crippen molar-refractivity contribution >= 4 is 16.0 Å². The molecule has 0 atom stereocenters. The predicted molar refractivity (Wildman–Crippen MR) is 73.3 cm³/mol. The van der Waals surface area contributed by atoms with E-state index in [1.54, 1.807) is 6.92 Å². The third-order valence-corrected chi connectivity index (χ3v) is 5.18. The average Bonchev–Trinajstić information content (AvgIpc) is 2.86. The molecule has 0 amide bonds. The van der Waals surface area contributed by atoms with Gasteiger partial charge in [0.2, 0.25) is 0 Å². The topological polar surface area (TPSA) is 113 Å². The lowest BCUT2D eigenvalue weighted by atomic mass is 10.1. The Morgan fingerprint density at radius 2 is 2.19 bits per heavy atom. The zero-order valence-corrected chi connectivity index (χ0v) is 12.6. The van der Waals surface area contributed by atoms with Gasteiger partial charge in [0.15, 0.2) is 5.03 Å². The van der Waals surface area contributed by atoms with E-state index in [2.05, 4.69) is 9.97 Å². The average molecular weight is 317 g/mol. The molecule has 1 aromatic rings. The van der Waals surface area contributed by atoms with Crippen molar-refractivity contribution in [3.63, 3.8) is 0 Å². The van der Waals surface area contributed by atoms with Crippen molar-refractivity contribution in [2.24, 2.45) is 0 Å². The van der Waals surface area contributed by atoms with Gasteiger partial charge in [-0.1, -0.05) is 0 Å². The molecule has 0 aliphatic carbocycles. The molecule has 2 heterocycles. The van der Waals surface area contributed by atoms with Crippen molar-refractivity contribution in [1.82, 2.24) is 14.3 Å². The van der Waals surface area contributed by atoms with Crippen LogP contribution >= 0.6 is 0 Å². The summed E-state index contributed by atoms with van der Waals surface area (Å²) in [7, 11) is -3.53. The van der Waals surface area contributed by atoms with Gasteiger partial charge in [-0.3, -0.25) is 4.79 Å². The highest BCUT2D eigenvalue weighted by molar-refractivity contribution is 7.89. The molecule has 0 aromatic carbocycles. The van der Waals surface area contributed by atoms with E-state index < -0.39 is 16.0 Å². The van der Waals surface area contributed by atoms with Crippen LogP contribution in [0.3, 0.4) is 0 Å². The van der Waals surface area contributed by atoms with E-state index in [-0.39, 0.29) is 24.2 Å². The second-order valence-corrected chi connectivity index (χ2v) is 6.86. The molecule has 2 N–H and O–H groups in total. The largest absolute Gasteiger partial charge is 0.481 e. The molecule has 1 fully saturated rings. The fraction of sp³-hybridized carbons (Fsp3) is 0.667. The van der Waals surface area contributed by atoms with Crippen LogP contribution in [-0.2, 0) is 19.6 Å². The molecular formula is C12H19N3O5S. The zero-order chi connectivity index (χ0) is 15.5. The highest BCUT2D eigenvalue weighted by Gasteiger charge is 2.30. The minimum atomic E-state index is -3.53. The first-order valence-corrected chi connectivity index (χ1v) is 8.19. The number of carboxylic acids is 1. The van der Waals surface area contributed by atoms with E-state index in [9.17, 15) is 13.2 Å². The Labute approximate surface area is 123 Å². The van der Waals surface area contributed by atoms with E-state index in [0.717, 1.165) is 0 Å². The third-order valence-electron chi connectivity index (χ3n) is 3.37. The van der Waals surface area contributed by atoms with Crippen LogP contribution in [0.5, 0.6) is 0 Å². The van der Waals surface area contributed by atoms with E-state index in [1.165, 1.54) is 10.5 Å². The summed E-state index contributed by atoms with van der Waals surface area (Å²) in [5.74, 6) is -0.343. The molecule has 1 aromatic heterocycles. The maximum Gasteiger partial charge on any atom is 0.305 e. The van der Waals surface area contributed by atoms with Crippen molar-refractivity contribution in [2.75, 3.05) is 19.7 Å². The normalized spacial score (nSPS) is 18.0. The Kier molecular flexibility index (Phi) is 4.96. The minimum Gasteiger partial charge on any atom is -0.481 e. The van der Waals surface area contributed by atoms with E-state index >= 15 is 0 Å². The minimum absolute atomic E-state index is 0.0358. The number of carboxylic acid groups (broad SMARTS) is 1. The Bertz CT molecular complexity index is 590. The molecule has 2 rings (SSSR count). The van der Waals surface area contributed by atoms with Crippen LogP contribution in [0.2, 0.25) is 0 Å². The smallest absolute Gasteiger partial charge is 0.305 e. The Balaban J connectivity index is 1.87. The number of piperidine rings is 1. The molecule has 0 unspecified atom stereocenters. The lowest BCUT2D eigenvalue weighted by Gasteiger charge is -2.30. The van der Waals surface area contributed by atoms with Gasteiger partial charge in [-0.15, -0.1) is 0 Å². The van der Waals surface area contributed by atoms with Crippen molar-refractivity contribution in [2.45, 2.75) is 37.3 Å². The number of ether oxygens (including phenoxy) is 1. The highest BCUT2D eigenvalue weighted by atomic mass is 32.2. The molecule has 0 radical (unpaired) electrons. The van der Waals surface area contributed by atoms with Crippen LogP contribution in [0.1, 0.15) is 25.1 Å². The first-order chi connectivity index (χ1) is 9.89. The van der Waals surface area contributed by atoms with Gasteiger partial charge >= 0.3 is 5.97 Å². The number of sulfonamides is 1. The number of hydrogen-bond donors (Lipinski definition) is 2. The fourth-order valence-electron chi connectivity index (χ4n) is 2.22. The van der Waals surface area contributed by atoms with Gasteiger partial charge in [0, 0.05) is 13.1 Å². The molecule has 1 saturated heterocycles. The van der Waals surface area contributed by atoms with Gasteiger partial charge in [0.25, 0.3) is 10.0 Å². The van der Waals surface area contributed by atoms with Crippen LogP contribution in [0.25, 0.3) is 0 Å². The third kappa shape index (κ3) is 4.02. The Morgan fingerprint density at radius 1 is 1.52 bits per heavy atom. The molecule has 0 bridgehead atoms. The van der Waals surface area contributed by atoms with Crippen molar-refractivity contribution in [1.29, 1.82) is 0 Å². The van der Waals surface area contributed by atoms with E-state index in [4.69, 9.17) is 9.84 Å². The number of aromatic nitrogens is 2. The Morgan fingerprint density at radius 3 is 2.71 bits per heavy atom. The number of imidazole rings is 1. The van der Waals surface area contributed by atoms with Crippen LogP contribution in [-0.4, -0.2) is 59.6 Å². The van der Waals surface area contributed by atoms with Crippen molar-refractivity contribution < 1.29 is 23.1 Å². The molecule has 21 heavy (non-hydrogen) atoms. The molecule has 1 aliphatic heterocycles. The molecule has 0 spiro atoms. The number of H-pyrrole nitrogens is 1. The summed E-state index contributed by atoms with van der Waals surface area (Å²) >= 11 is 0. The number of carbonyl (C=O) groups is 1. The summed E-state index contributed by atoms with van der Waals surface area (Å²) in [4.78, 5) is 17.0. The number of aromatic amines is 1. The van der Waals surface area contributed by atoms with E-state index in [1.807, 2.05) is 0 Å². The van der Waals surface area contributed by atoms with Gasteiger partial charge < -0.3 is 14.8 Å². The Hall–Kier alpha value is -1.45. The van der Waals surface area contributed by atoms with Gasteiger partial charge in [0.05, 0.1) is 25.3 Å². The number of hydrogen-bond acceptors (Lipinski definition) is 5. The molecule has 0 saturated carbocycles. The quantitative estimate of drug-likeness (QED) is 0.783. The lowest BCUT2D eigenvalue weighted by Crippen LogP contribution is -2.41. The number of aryl methyl sites for hydroxylation is 1. The molecule has 9 heteroatoms. The van der Waals surface area contributed by atoms with Crippen LogP contribution in [0.4, 0.5) is 0 Å². The summed E-state index contributed by atoms with van der Waals surface area (Å²) < 4.78 is 31.5. The number of nitrogens with one attached hydrogen (secondary N) is 1. The van der Waals surface area contributed by atoms with Crippen LogP contribution in [0.15, 0.2) is 11.2 Å². The second kappa shape index (κ2) is 6.54. The SMILES string of the molecule is Cc1ncc(S(=O)(=O)N2CCC(OCCC(=O)O)CC2)[nH]1. The van der Waals surface area contributed by atoms with Crippen LogP contribution in [0, 0.1) is 6.92 Å². The van der Waals surface area contributed by atoms with Gasteiger partial charge in [0.1, 0.15) is 5.82 Å². The first kappa shape index (κ1) is 15.9. The number of nitrogens with zero attached hydrogens (tertiary/aromatic N) is 2. The predicted octanol–water partition coefficient (Wildman–Crippen LogP) is 0.363. The molecule has 118 valence electrons. The van der Waals surface area contributed by atoms with E-state index in [0.29, 0.717) is 31.8 Å². The monoisotopic (exact) mass is 317 g/mol. The molecular weight excluding hydrogens is 298 g/mol. The maximum absolute atomic E-state index is 12.3. The summed E-state index contributed by atoms with van der Waals surface area (Å²) in [6.45, 7) is 2.57. The van der Waals surface area contributed by atoms with Gasteiger partial charge in [-0.05, 0) is 19.8 Å². The summed E-state index contributed by atoms with van der Waals surface area (Å²) in [6.07, 6.45) is 2.32. The number of rotatable bonds is 6. The molecule has 8 nitrogen and oxygen atoms in total. The van der Waals surface area contributed by atoms with Crippen molar-refractivity contribution in [3.05, 3.63) is 12.0 Å². The van der Waals surface area contributed by atoms with Crippen LogP contribution < -0.4 is 0 Å². The summed E-state index contributed by atoms with van der Waals surface area (Å²) in [6, 6.07) is 0. The van der Waals surface area contributed by atoms with Gasteiger partial charge in [-0.2, -0.15) is 4.31 Å². The summed E-state index contributed by atoms with van der Waals surface area (Å²) in [5.41, 5.74) is 0. The highest BCUT2D eigenvalue weighted by Crippen LogP contribution is 2.21. The zero-order valence-electron chi connectivity index (χ0n) is 11.8. The standard InChI is InChI=1S/C12H19N3O5S/c1-9-13-8-11(14-9)21(18,19)15-5-2-10(3-6-15)20-7-4-12(16)17/h8,10H,2-7H2,1H3,(H,13,14)(H,16,17). The maximum atomic E-state index is 12.3. The van der Waals surface area contributed by atoms with Gasteiger partial charge in [-0.25, -0.2) is 13.4 Å². The lowest BCUT2D eigenvalue weighted by molar-refractivity contribution is -0.138. The second-order valence-electron chi connectivity index (χ2n) is 4.95.